The van der Waals surface area contributed by atoms with E-state index >= 15 is 0 Å². The predicted octanol–water partition coefficient (Wildman–Crippen LogP) is 2.68. The predicted molar refractivity (Wildman–Crippen MR) is 80.5 cm³/mol. The fraction of sp³-hybridized carbons (Fsp3) is 0.562. The molecule has 0 saturated heterocycles. The van der Waals surface area contributed by atoms with E-state index in [9.17, 15) is 4.79 Å². The summed E-state index contributed by atoms with van der Waals surface area (Å²) in [6, 6.07) is 7.72. The van der Waals surface area contributed by atoms with Gasteiger partial charge < -0.3 is 15.4 Å². The second-order valence-corrected chi connectivity index (χ2v) is 5.84. The number of benzene rings is 1. The van der Waals surface area contributed by atoms with Gasteiger partial charge in [-0.2, -0.15) is 0 Å². The van der Waals surface area contributed by atoms with E-state index in [2.05, 4.69) is 13.8 Å². The Morgan fingerprint density at radius 3 is 2.55 bits per heavy atom. The summed E-state index contributed by atoms with van der Waals surface area (Å²) in [7, 11) is 0. The molecule has 20 heavy (non-hydrogen) atoms. The first-order valence-corrected chi connectivity index (χ1v) is 7.34. The molecule has 110 valence electrons. The Balaban J connectivity index is 1.77. The smallest absolute Gasteiger partial charge is 0.226 e. The summed E-state index contributed by atoms with van der Waals surface area (Å²) in [6.45, 7) is 5.57. The van der Waals surface area contributed by atoms with Crippen LogP contribution in [0.15, 0.2) is 24.3 Å². The molecule has 0 spiro atoms. The van der Waals surface area contributed by atoms with Crippen molar-refractivity contribution in [1.29, 1.82) is 0 Å². The molecule has 4 nitrogen and oxygen atoms in total. The van der Waals surface area contributed by atoms with E-state index in [1.165, 1.54) is 0 Å². The van der Waals surface area contributed by atoms with Crippen molar-refractivity contribution in [2.75, 3.05) is 18.9 Å². The molecule has 0 atom stereocenters. The topological polar surface area (TPSA) is 55.6 Å². The third-order valence-corrected chi connectivity index (χ3v) is 3.33. The third-order valence-electron chi connectivity index (χ3n) is 3.33. The number of hydrogen-bond donors (Lipinski definition) is 1. The largest absolute Gasteiger partial charge is 0.493 e. The van der Waals surface area contributed by atoms with Gasteiger partial charge in [0.05, 0.1) is 13.0 Å². The van der Waals surface area contributed by atoms with E-state index in [0.717, 1.165) is 25.1 Å². The first-order chi connectivity index (χ1) is 9.56. The van der Waals surface area contributed by atoms with Gasteiger partial charge in [-0.3, -0.25) is 4.79 Å². The highest BCUT2D eigenvalue weighted by Gasteiger charge is 2.32. The van der Waals surface area contributed by atoms with E-state index in [1.807, 2.05) is 17.0 Å². The number of carbonyl (C=O) groups is 1. The summed E-state index contributed by atoms with van der Waals surface area (Å²) in [5.74, 6) is 1.48. The summed E-state index contributed by atoms with van der Waals surface area (Å²) >= 11 is 0. The highest BCUT2D eigenvalue weighted by atomic mass is 16.5. The van der Waals surface area contributed by atoms with Crippen LogP contribution in [0.5, 0.6) is 5.75 Å². The molecule has 1 saturated carbocycles. The van der Waals surface area contributed by atoms with Crippen LogP contribution < -0.4 is 10.5 Å². The van der Waals surface area contributed by atoms with Gasteiger partial charge in [0.1, 0.15) is 5.75 Å². The Morgan fingerprint density at radius 1 is 1.35 bits per heavy atom. The Labute approximate surface area is 120 Å². The minimum atomic E-state index is 0.205. The van der Waals surface area contributed by atoms with Gasteiger partial charge in [0.25, 0.3) is 0 Å². The highest BCUT2D eigenvalue weighted by molar-refractivity contribution is 5.77. The maximum Gasteiger partial charge on any atom is 0.226 e. The number of carbonyl (C=O) groups excluding carboxylic acids is 1. The van der Waals surface area contributed by atoms with E-state index in [-0.39, 0.29) is 5.91 Å². The number of ether oxygens (including phenoxy) is 1. The fourth-order valence-corrected chi connectivity index (χ4v) is 2.20. The normalized spacial score (nSPS) is 14.3. The molecule has 4 heteroatoms. The van der Waals surface area contributed by atoms with Crippen molar-refractivity contribution >= 4 is 11.6 Å². The molecule has 1 aromatic rings. The molecular formula is C16H24N2O2. The quantitative estimate of drug-likeness (QED) is 0.779. The molecule has 1 aliphatic carbocycles. The number of nitrogen functional groups attached to an aromatic ring is 1. The molecule has 0 unspecified atom stereocenters. The molecule has 1 amide bonds. The van der Waals surface area contributed by atoms with Gasteiger partial charge in [0.2, 0.25) is 5.91 Å². The van der Waals surface area contributed by atoms with Crippen LogP contribution in [0.4, 0.5) is 5.69 Å². The standard InChI is InChI=1S/C16H24N2O2/c1-12(2)11-18(14-5-6-14)16(19)9-10-20-15-7-3-13(17)4-8-15/h3-4,7-8,12,14H,5-6,9-11,17H2,1-2H3. The number of amides is 1. The van der Waals surface area contributed by atoms with Crippen LogP contribution in [0.2, 0.25) is 0 Å². The maximum atomic E-state index is 12.2. The molecule has 0 aromatic heterocycles. The monoisotopic (exact) mass is 276 g/mol. The molecule has 0 bridgehead atoms. The van der Waals surface area contributed by atoms with E-state index in [1.54, 1.807) is 12.1 Å². The van der Waals surface area contributed by atoms with Gasteiger partial charge in [0, 0.05) is 18.3 Å². The van der Waals surface area contributed by atoms with E-state index < -0.39 is 0 Å². The number of nitrogens with two attached hydrogens (primary N) is 1. The van der Waals surface area contributed by atoms with Crippen molar-refractivity contribution in [3.05, 3.63) is 24.3 Å². The van der Waals surface area contributed by atoms with Crippen LogP contribution in [0.1, 0.15) is 33.1 Å². The van der Waals surface area contributed by atoms with Crippen molar-refractivity contribution in [2.45, 2.75) is 39.2 Å². The lowest BCUT2D eigenvalue weighted by Gasteiger charge is -2.24. The van der Waals surface area contributed by atoms with Gasteiger partial charge in [-0.1, -0.05) is 13.8 Å². The highest BCUT2D eigenvalue weighted by Crippen LogP contribution is 2.28. The maximum absolute atomic E-state index is 12.2. The molecule has 0 heterocycles. The van der Waals surface area contributed by atoms with Gasteiger partial charge in [-0.15, -0.1) is 0 Å². The van der Waals surface area contributed by atoms with Crippen molar-refractivity contribution in [1.82, 2.24) is 4.90 Å². The van der Waals surface area contributed by atoms with Crippen LogP contribution in [-0.4, -0.2) is 30.0 Å². The number of anilines is 1. The Kier molecular flexibility index (Phi) is 4.88. The van der Waals surface area contributed by atoms with E-state index in [0.29, 0.717) is 30.7 Å². The summed E-state index contributed by atoms with van der Waals surface area (Å²) in [6.07, 6.45) is 2.74. The lowest BCUT2D eigenvalue weighted by molar-refractivity contribution is -0.132. The zero-order valence-electron chi connectivity index (χ0n) is 12.3. The molecule has 1 aliphatic rings. The second kappa shape index (κ2) is 6.64. The SMILES string of the molecule is CC(C)CN(C(=O)CCOc1ccc(N)cc1)C1CC1. The average molecular weight is 276 g/mol. The average Bonchev–Trinajstić information content (AvgIpc) is 3.22. The summed E-state index contributed by atoms with van der Waals surface area (Å²) < 4.78 is 5.58. The van der Waals surface area contributed by atoms with Gasteiger partial charge in [-0.25, -0.2) is 0 Å². The second-order valence-electron chi connectivity index (χ2n) is 5.84. The molecule has 0 radical (unpaired) electrons. The van der Waals surface area contributed by atoms with Crippen LogP contribution in [0, 0.1) is 5.92 Å². The number of rotatable bonds is 7. The summed E-state index contributed by atoms with van der Waals surface area (Å²) in [5.41, 5.74) is 6.33. The van der Waals surface area contributed by atoms with Crippen molar-refractivity contribution in [3.8, 4) is 5.75 Å². The molecule has 2 rings (SSSR count). The molecular weight excluding hydrogens is 252 g/mol. The first kappa shape index (κ1) is 14.7. The zero-order valence-corrected chi connectivity index (χ0v) is 12.3. The Morgan fingerprint density at radius 2 is 2.00 bits per heavy atom. The first-order valence-electron chi connectivity index (χ1n) is 7.34. The zero-order chi connectivity index (χ0) is 14.5. The minimum absolute atomic E-state index is 0.205. The Bertz CT molecular complexity index is 438. The van der Waals surface area contributed by atoms with Crippen molar-refractivity contribution in [3.63, 3.8) is 0 Å². The lowest BCUT2D eigenvalue weighted by atomic mass is 10.2. The van der Waals surface area contributed by atoms with Crippen molar-refractivity contribution < 1.29 is 9.53 Å². The summed E-state index contributed by atoms with van der Waals surface area (Å²) in [5, 5.41) is 0. The van der Waals surface area contributed by atoms with Crippen LogP contribution in [0.3, 0.4) is 0 Å². The number of hydrogen-bond acceptors (Lipinski definition) is 3. The fourth-order valence-electron chi connectivity index (χ4n) is 2.20. The molecule has 0 aliphatic heterocycles. The lowest BCUT2D eigenvalue weighted by Crippen LogP contribution is -2.36. The summed E-state index contributed by atoms with van der Waals surface area (Å²) in [4.78, 5) is 14.3. The number of nitrogens with zero attached hydrogens (tertiary/aromatic N) is 1. The molecule has 2 N–H and O–H groups in total. The Hall–Kier alpha value is -1.71. The van der Waals surface area contributed by atoms with Crippen LogP contribution >= 0.6 is 0 Å². The van der Waals surface area contributed by atoms with Crippen LogP contribution in [0.25, 0.3) is 0 Å². The van der Waals surface area contributed by atoms with Gasteiger partial charge in [-0.05, 0) is 43.0 Å². The van der Waals surface area contributed by atoms with Gasteiger partial charge in [0.15, 0.2) is 0 Å². The van der Waals surface area contributed by atoms with E-state index in [4.69, 9.17) is 10.5 Å². The van der Waals surface area contributed by atoms with Gasteiger partial charge >= 0.3 is 0 Å². The van der Waals surface area contributed by atoms with Crippen molar-refractivity contribution in [2.24, 2.45) is 5.92 Å². The minimum Gasteiger partial charge on any atom is -0.493 e. The third kappa shape index (κ3) is 4.44. The molecule has 1 fully saturated rings. The molecule has 1 aromatic carbocycles. The van der Waals surface area contributed by atoms with Crippen LogP contribution in [-0.2, 0) is 4.79 Å².